The summed E-state index contributed by atoms with van der Waals surface area (Å²) in [5, 5.41) is 2.13. The zero-order valence-electron chi connectivity index (χ0n) is 17.3. The smallest absolute Gasteiger partial charge is 0.332 e. The average Bonchev–Trinajstić information content (AvgIpc) is 3.23. The van der Waals surface area contributed by atoms with Crippen molar-refractivity contribution in [1.29, 1.82) is 0 Å². The Morgan fingerprint density at radius 1 is 0.935 bits per heavy atom. The number of rotatable bonds is 6. The molecule has 0 bridgehead atoms. The van der Waals surface area contributed by atoms with E-state index in [1.54, 1.807) is 0 Å². The Labute approximate surface area is 185 Å². The van der Waals surface area contributed by atoms with Crippen molar-refractivity contribution in [3.8, 4) is 0 Å². The molecule has 0 aromatic heterocycles. The van der Waals surface area contributed by atoms with Gasteiger partial charge in [0.15, 0.2) is 6.04 Å². The van der Waals surface area contributed by atoms with Crippen LogP contribution in [0.2, 0.25) is 0 Å². The summed E-state index contributed by atoms with van der Waals surface area (Å²) in [4.78, 5) is 39.8. The van der Waals surface area contributed by atoms with Crippen molar-refractivity contribution in [3.63, 3.8) is 0 Å². The number of benzene rings is 2. The summed E-state index contributed by atoms with van der Waals surface area (Å²) in [5.74, 6) is -1.01. The molecule has 0 unspecified atom stereocenters. The van der Waals surface area contributed by atoms with Gasteiger partial charge in [0.05, 0.1) is 0 Å². The number of nitrogens with zero attached hydrogens (tertiary/aromatic N) is 1. The minimum absolute atomic E-state index is 0.120. The van der Waals surface area contributed by atoms with Crippen molar-refractivity contribution in [3.05, 3.63) is 71.8 Å². The maximum atomic E-state index is 12.9. The third-order valence-electron chi connectivity index (χ3n) is 5.36. The summed E-state index contributed by atoms with van der Waals surface area (Å²) in [6.07, 6.45) is 0. The van der Waals surface area contributed by atoms with Crippen LogP contribution >= 0.6 is 11.8 Å². The van der Waals surface area contributed by atoms with Gasteiger partial charge in [-0.3, -0.25) is 4.90 Å². The van der Waals surface area contributed by atoms with E-state index in [1.807, 2.05) is 74.5 Å². The molecule has 2 saturated heterocycles. The van der Waals surface area contributed by atoms with Gasteiger partial charge in [0.2, 0.25) is 0 Å². The number of fused-ring (bicyclic) bond motifs is 1. The first kappa shape index (κ1) is 21.2. The van der Waals surface area contributed by atoms with E-state index in [1.165, 1.54) is 16.7 Å². The minimum Gasteiger partial charge on any atom is -0.459 e. The number of ether oxygens (including phenoxy) is 2. The molecule has 0 radical (unpaired) electrons. The second-order valence-corrected chi connectivity index (χ2v) is 9.81. The maximum absolute atomic E-state index is 12.9. The quantitative estimate of drug-likeness (QED) is 0.695. The van der Waals surface area contributed by atoms with Crippen LogP contribution in [-0.2, 0) is 32.3 Å². The predicted octanol–water partition coefficient (Wildman–Crippen LogP) is 3.09. The zero-order chi connectivity index (χ0) is 22.0. The third kappa shape index (κ3) is 4.39. The van der Waals surface area contributed by atoms with E-state index in [0.29, 0.717) is 0 Å². The second kappa shape index (κ2) is 8.63. The predicted molar refractivity (Wildman–Crippen MR) is 116 cm³/mol. The van der Waals surface area contributed by atoms with E-state index >= 15 is 0 Å². The number of carbonyl (C=O) groups is 3. The molecule has 2 aromatic carbocycles. The van der Waals surface area contributed by atoms with E-state index in [9.17, 15) is 14.4 Å². The summed E-state index contributed by atoms with van der Waals surface area (Å²) in [6, 6.07) is 16.6. The van der Waals surface area contributed by atoms with Crippen LogP contribution in [-0.4, -0.2) is 45.1 Å². The van der Waals surface area contributed by atoms with Gasteiger partial charge in [0.1, 0.15) is 24.6 Å². The van der Waals surface area contributed by atoms with E-state index in [0.717, 1.165) is 11.1 Å². The molecule has 2 aliphatic rings. The Morgan fingerprint density at radius 3 is 2.00 bits per heavy atom. The van der Waals surface area contributed by atoms with Gasteiger partial charge < -0.3 is 14.8 Å². The number of urea groups is 1. The van der Waals surface area contributed by atoms with Gasteiger partial charge >= 0.3 is 18.0 Å². The minimum atomic E-state index is -0.854. The average molecular weight is 441 g/mol. The fourth-order valence-electron chi connectivity index (χ4n) is 3.85. The summed E-state index contributed by atoms with van der Waals surface area (Å²) in [5.41, 5.74) is 1.72. The fraction of sp³-hybridized carbons (Fsp3) is 0.348. The topological polar surface area (TPSA) is 84.9 Å². The molecule has 1 N–H and O–H groups in total. The molecule has 3 atom stereocenters. The molecule has 7 nitrogen and oxygen atoms in total. The van der Waals surface area contributed by atoms with Gasteiger partial charge in [-0.2, -0.15) is 0 Å². The lowest BCUT2D eigenvalue weighted by atomic mass is 10.0. The number of thioether (sulfide) groups is 1. The highest BCUT2D eigenvalue weighted by molar-refractivity contribution is 8.01. The summed E-state index contributed by atoms with van der Waals surface area (Å²) in [6.45, 7) is 4.00. The Hall–Kier alpha value is -3.00. The van der Waals surface area contributed by atoms with Crippen molar-refractivity contribution < 1.29 is 23.9 Å². The largest absolute Gasteiger partial charge is 0.459 e. The molecular formula is C23H24N2O5S. The van der Waals surface area contributed by atoms with Gasteiger partial charge in [-0.15, -0.1) is 11.8 Å². The zero-order valence-corrected chi connectivity index (χ0v) is 18.1. The van der Waals surface area contributed by atoms with Crippen LogP contribution in [0.15, 0.2) is 60.7 Å². The fourth-order valence-corrected chi connectivity index (χ4v) is 5.46. The van der Waals surface area contributed by atoms with Gasteiger partial charge in [-0.05, 0) is 25.0 Å². The monoisotopic (exact) mass is 440 g/mol. The molecule has 0 spiro atoms. The second-order valence-electron chi connectivity index (χ2n) is 8.04. The third-order valence-corrected chi connectivity index (χ3v) is 6.93. The van der Waals surface area contributed by atoms with Crippen molar-refractivity contribution in [2.75, 3.05) is 0 Å². The summed E-state index contributed by atoms with van der Waals surface area (Å²) < 4.78 is 10.3. The standard InChI is InChI=1S/C23H24N2O5S/c1-23(2)18(21(27)30-14-16-11-7-4-8-12-16)25-19(31-23)17(24-22(25)28)20(26)29-13-15-9-5-3-6-10-15/h3-12,17-19H,13-14H2,1-2H3,(H,24,28)/t17-,18-,19+/m0/s1. The van der Waals surface area contributed by atoms with Crippen molar-refractivity contribution in [1.82, 2.24) is 10.2 Å². The lowest BCUT2D eigenvalue weighted by Crippen LogP contribution is -2.50. The highest BCUT2D eigenvalue weighted by Gasteiger charge is 2.61. The first-order valence-electron chi connectivity index (χ1n) is 10.0. The van der Waals surface area contributed by atoms with Crippen LogP contribution in [0, 0.1) is 0 Å². The first-order chi connectivity index (χ1) is 14.9. The van der Waals surface area contributed by atoms with Gasteiger partial charge in [-0.1, -0.05) is 60.7 Å². The lowest BCUT2D eigenvalue weighted by molar-refractivity contribution is -0.152. The van der Waals surface area contributed by atoms with Crippen molar-refractivity contribution in [2.24, 2.45) is 0 Å². The molecular weight excluding hydrogens is 416 g/mol. The van der Waals surface area contributed by atoms with E-state index in [4.69, 9.17) is 9.47 Å². The van der Waals surface area contributed by atoms with E-state index in [2.05, 4.69) is 5.32 Å². The normalized spacial score (nSPS) is 23.7. The number of nitrogens with one attached hydrogen (secondary N) is 1. The van der Waals surface area contributed by atoms with Crippen LogP contribution in [0.4, 0.5) is 4.79 Å². The number of amides is 2. The Bertz CT molecular complexity index is 966. The van der Waals surface area contributed by atoms with Gasteiger partial charge in [0.25, 0.3) is 0 Å². The molecule has 2 amide bonds. The molecule has 0 aliphatic carbocycles. The van der Waals surface area contributed by atoms with Gasteiger partial charge in [0, 0.05) is 4.75 Å². The van der Waals surface area contributed by atoms with Crippen molar-refractivity contribution >= 4 is 29.7 Å². The number of hydrogen-bond donors (Lipinski definition) is 1. The molecule has 4 rings (SSSR count). The van der Waals surface area contributed by atoms with Crippen LogP contribution < -0.4 is 5.32 Å². The number of esters is 2. The SMILES string of the molecule is CC1(C)S[C@@H]2[C@@H](C(=O)OCc3ccccc3)NC(=O)N2[C@H]1C(=O)OCc1ccccc1. The molecule has 0 saturated carbocycles. The number of carbonyl (C=O) groups excluding carboxylic acids is 3. The summed E-state index contributed by atoms with van der Waals surface area (Å²) in [7, 11) is 0. The first-order valence-corrected chi connectivity index (χ1v) is 10.9. The molecule has 2 fully saturated rings. The van der Waals surface area contributed by atoms with Crippen molar-refractivity contribution in [2.45, 2.75) is 49.3 Å². The molecule has 162 valence electrons. The highest BCUT2D eigenvalue weighted by atomic mass is 32.2. The Morgan fingerprint density at radius 2 is 1.45 bits per heavy atom. The molecule has 2 heterocycles. The van der Waals surface area contributed by atoms with Crippen LogP contribution in [0.1, 0.15) is 25.0 Å². The van der Waals surface area contributed by atoms with Crippen LogP contribution in [0.25, 0.3) is 0 Å². The number of hydrogen-bond acceptors (Lipinski definition) is 6. The Balaban J connectivity index is 1.44. The molecule has 31 heavy (non-hydrogen) atoms. The van der Waals surface area contributed by atoms with Gasteiger partial charge in [-0.25, -0.2) is 14.4 Å². The molecule has 2 aromatic rings. The molecule has 2 aliphatic heterocycles. The summed E-state index contributed by atoms with van der Waals surface area (Å²) >= 11 is 1.40. The highest BCUT2D eigenvalue weighted by Crippen LogP contribution is 2.48. The van der Waals surface area contributed by atoms with Crippen LogP contribution in [0.5, 0.6) is 0 Å². The lowest BCUT2D eigenvalue weighted by Gasteiger charge is -2.28. The van der Waals surface area contributed by atoms with E-state index in [-0.39, 0.29) is 13.2 Å². The Kier molecular flexibility index (Phi) is 5.91. The van der Waals surface area contributed by atoms with Crippen LogP contribution in [0.3, 0.4) is 0 Å². The maximum Gasteiger partial charge on any atom is 0.332 e. The van der Waals surface area contributed by atoms with E-state index < -0.39 is 40.2 Å². The molecule has 8 heteroatoms.